The van der Waals surface area contributed by atoms with Crippen molar-refractivity contribution in [2.75, 3.05) is 0 Å². The molecule has 7 nitrogen and oxygen atoms in total. The third-order valence-corrected chi connectivity index (χ3v) is 5.88. The van der Waals surface area contributed by atoms with Crippen LogP contribution in [-0.4, -0.2) is 37.4 Å². The molecule has 0 atom stereocenters. The van der Waals surface area contributed by atoms with Gasteiger partial charge in [0.15, 0.2) is 0 Å². The number of carbonyl (C=O) groups excluding carboxylic acids is 2. The molecule has 176 valence electrons. The summed E-state index contributed by atoms with van der Waals surface area (Å²) in [4.78, 5) is 25.4. The molecule has 10 heteroatoms. The van der Waals surface area contributed by atoms with Gasteiger partial charge in [-0.15, -0.1) is 10.2 Å². The van der Waals surface area contributed by atoms with Gasteiger partial charge in [-0.2, -0.15) is 0 Å². The summed E-state index contributed by atoms with van der Waals surface area (Å²) in [6.45, 7) is 3.73. The summed E-state index contributed by atoms with van der Waals surface area (Å²) in [6.07, 6.45) is 0.956. The molecule has 0 unspecified atom stereocenters. The Labute approximate surface area is 199 Å². The molecule has 34 heavy (non-hydrogen) atoms. The van der Waals surface area contributed by atoms with Crippen LogP contribution in [0.5, 0.6) is 0 Å². The molecule has 1 N–H and O–H groups in total. The van der Waals surface area contributed by atoms with Gasteiger partial charge in [0.2, 0.25) is 5.78 Å². The number of hydrogen-bond acceptors (Lipinski definition) is 4. The van der Waals surface area contributed by atoms with Crippen molar-refractivity contribution in [1.82, 2.24) is 24.6 Å². The van der Waals surface area contributed by atoms with E-state index in [1.165, 1.54) is 12.7 Å². The van der Waals surface area contributed by atoms with Gasteiger partial charge in [-0.25, -0.2) is 8.78 Å². The number of Topliss-reactive ketones (excluding diaryl/α,β-unsaturated/α-hetero) is 1. The molecule has 2 aromatic heterocycles. The maximum Gasteiger partial charge on any atom is 0.300 e. The molecule has 0 fully saturated rings. The fourth-order valence-electron chi connectivity index (χ4n) is 4.01. The van der Waals surface area contributed by atoms with Gasteiger partial charge in [0, 0.05) is 16.8 Å². The molecular formula is C24H22ClF2N5O2. The first-order chi connectivity index (χ1) is 16.3. The minimum atomic E-state index is -3.12. The molecule has 4 rings (SSSR count). The minimum Gasteiger partial charge on any atom is -0.334 e. The molecule has 0 saturated carbocycles. The Bertz CT molecular complexity index is 1370. The lowest BCUT2D eigenvalue weighted by Crippen LogP contribution is -2.27. The highest BCUT2D eigenvalue weighted by Gasteiger charge is 2.28. The van der Waals surface area contributed by atoms with Gasteiger partial charge in [0.05, 0.1) is 28.3 Å². The van der Waals surface area contributed by atoms with E-state index in [9.17, 15) is 18.4 Å². The zero-order valence-corrected chi connectivity index (χ0v) is 19.3. The van der Waals surface area contributed by atoms with Gasteiger partial charge in [-0.05, 0) is 43.7 Å². The topological polar surface area (TPSA) is 81.8 Å². The predicted molar refractivity (Wildman–Crippen MR) is 125 cm³/mol. The average Bonchev–Trinajstić information content (AvgIpc) is 3.44. The van der Waals surface area contributed by atoms with Crippen molar-refractivity contribution in [3.05, 3.63) is 76.5 Å². The van der Waals surface area contributed by atoms with Crippen LogP contribution in [0.2, 0.25) is 5.02 Å². The molecule has 2 aromatic carbocycles. The van der Waals surface area contributed by atoms with Crippen LogP contribution in [-0.2, 0) is 13.1 Å². The van der Waals surface area contributed by atoms with Crippen molar-refractivity contribution >= 4 is 34.2 Å². The lowest BCUT2D eigenvalue weighted by Gasteiger charge is -2.14. The van der Waals surface area contributed by atoms with Crippen LogP contribution >= 0.6 is 11.6 Å². The smallest absolute Gasteiger partial charge is 0.300 e. The summed E-state index contributed by atoms with van der Waals surface area (Å²) < 4.78 is 30.2. The molecule has 0 saturated heterocycles. The first kappa shape index (κ1) is 23.6. The van der Waals surface area contributed by atoms with Crippen molar-refractivity contribution < 1.29 is 18.4 Å². The number of aryl methyl sites for hydroxylation is 1. The van der Waals surface area contributed by atoms with E-state index in [0.717, 1.165) is 5.56 Å². The Balaban J connectivity index is 1.67. The average molecular weight is 486 g/mol. The molecule has 2 heterocycles. The second-order valence-electron chi connectivity index (χ2n) is 7.88. The van der Waals surface area contributed by atoms with Crippen LogP contribution in [0.4, 0.5) is 8.78 Å². The number of alkyl halides is 2. The first-order valence-corrected chi connectivity index (χ1v) is 11.1. The van der Waals surface area contributed by atoms with Crippen molar-refractivity contribution in [1.29, 1.82) is 0 Å². The van der Waals surface area contributed by atoms with Gasteiger partial charge in [-0.3, -0.25) is 14.2 Å². The van der Waals surface area contributed by atoms with Crippen LogP contribution in [0.15, 0.2) is 49.1 Å². The first-order valence-electron chi connectivity index (χ1n) is 10.7. The number of rotatable bonds is 8. The van der Waals surface area contributed by atoms with Gasteiger partial charge < -0.3 is 9.88 Å². The Morgan fingerprint density at radius 3 is 2.50 bits per heavy atom. The second-order valence-corrected chi connectivity index (χ2v) is 8.29. The van der Waals surface area contributed by atoms with Crippen molar-refractivity contribution in [3.63, 3.8) is 0 Å². The Hall–Kier alpha value is -3.59. The summed E-state index contributed by atoms with van der Waals surface area (Å²) in [5.41, 5.74) is 2.89. The van der Waals surface area contributed by atoms with E-state index in [-0.39, 0.29) is 22.8 Å². The van der Waals surface area contributed by atoms with E-state index in [2.05, 4.69) is 15.5 Å². The fraction of sp³-hybridized carbons (Fsp3) is 0.250. The molecule has 0 bridgehead atoms. The number of amides is 1. The molecule has 4 aromatic rings. The molecule has 0 aliphatic heterocycles. The van der Waals surface area contributed by atoms with E-state index in [1.807, 2.05) is 19.9 Å². The number of nitrogens with one attached hydrogen (secondary N) is 1. The maximum atomic E-state index is 13.4. The minimum absolute atomic E-state index is 0.00618. The van der Waals surface area contributed by atoms with Gasteiger partial charge in [0.25, 0.3) is 5.91 Å². The number of nitrogens with zero attached hydrogens (tertiary/aromatic N) is 4. The van der Waals surface area contributed by atoms with E-state index in [0.29, 0.717) is 35.1 Å². The number of hydrogen-bond donors (Lipinski definition) is 1. The highest BCUT2D eigenvalue weighted by Crippen LogP contribution is 2.30. The van der Waals surface area contributed by atoms with Crippen LogP contribution in [0.25, 0.3) is 16.6 Å². The maximum absolute atomic E-state index is 13.4. The number of benzene rings is 2. The molecule has 0 aliphatic carbocycles. The fourth-order valence-corrected chi connectivity index (χ4v) is 4.27. The lowest BCUT2D eigenvalue weighted by molar-refractivity contribution is 0.0679. The zero-order chi connectivity index (χ0) is 24.4. The summed E-state index contributed by atoms with van der Waals surface area (Å²) in [6, 6.07) is 10.3. The number of carbonyl (C=O) groups is 2. The van der Waals surface area contributed by atoms with Crippen molar-refractivity contribution in [3.8, 4) is 5.69 Å². The SMILES string of the molecule is CCCc1c(C(=O)C(F)F)c2cc(C)ccc2n1CNC(=O)c1ccc(-n2cnnc2)cc1Cl. The van der Waals surface area contributed by atoms with Crippen LogP contribution in [0, 0.1) is 6.92 Å². The summed E-state index contributed by atoms with van der Waals surface area (Å²) in [5, 5.41) is 11.0. The Morgan fingerprint density at radius 2 is 1.85 bits per heavy atom. The molecule has 0 spiro atoms. The van der Waals surface area contributed by atoms with Crippen molar-refractivity contribution in [2.24, 2.45) is 0 Å². The number of aromatic nitrogens is 4. The monoisotopic (exact) mass is 485 g/mol. The summed E-state index contributed by atoms with van der Waals surface area (Å²) in [7, 11) is 0. The lowest BCUT2D eigenvalue weighted by atomic mass is 10.0. The molecule has 0 radical (unpaired) electrons. The standard InChI is InChI=1S/C24H22ClF2N5O2/c1-3-4-20-21(22(33)23(26)27)17-9-14(2)5-8-19(17)32(20)11-28-24(34)16-7-6-15(10-18(16)25)31-12-29-30-13-31/h5-10,12-13,23H,3-4,11H2,1-2H3,(H,28,34). The van der Waals surface area contributed by atoms with Crippen LogP contribution in [0.1, 0.15) is 45.3 Å². The van der Waals surface area contributed by atoms with E-state index in [4.69, 9.17) is 11.6 Å². The summed E-state index contributed by atoms with van der Waals surface area (Å²) >= 11 is 6.35. The summed E-state index contributed by atoms with van der Waals surface area (Å²) in [5.74, 6) is -1.64. The molecule has 1 amide bonds. The van der Waals surface area contributed by atoms with Gasteiger partial charge in [-0.1, -0.05) is 36.6 Å². The number of halogens is 3. The predicted octanol–water partition coefficient (Wildman–Crippen LogP) is 4.97. The largest absolute Gasteiger partial charge is 0.334 e. The van der Waals surface area contributed by atoms with Gasteiger partial charge >= 0.3 is 6.43 Å². The molecule has 0 aliphatic rings. The third kappa shape index (κ3) is 4.43. The van der Waals surface area contributed by atoms with E-state index < -0.39 is 18.1 Å². The third-order valence-electron chi connectivity index (χ3n) is 5.57. The number of fused-ring (bicyclic) bond motifs is 1. The highest BCUT2D eigenvalue weighted by atomic mass is 35.5. The quantitative estimate of drug-likeness (QED) is 0.357. The highest BCUT2D eigenvalue weighted by molar-refractivity contribution is 6.34. The Kier molecular flexibility index (Phi) is 6.74. The Morgan fingerprint density at radius 1 is 1.12 bits per heavy atom. The second kappa shape index (κ2) is 9.72. The zero-order valence-electron chi connectivity index (χ0n) is 18.6. The van der Waals surface area contributed by atoms with Crippen LogP contribution in [0.3, 0.4) is 0 Å². The van der Waals surface area contributed by atoms with E-state index >= 15 is 0 Å². The van der Waals surface area contributed by atoms with Gasteiger partial charge in [0.1, 0.15) is 12.7 Å². The molecular weight excluding hydrogens is 464 g/mol. The number of ketones is 1. The van der Waals surface area contributed by atoms with Crippen LogP contribution < -0.4 is 5.32 Å². The normalized spacial score (nSPS) is 11.4. The van der Waals surface area contributed by atoms with Crippen molar-refractivity contribution in [2.45, 2.75) is 39.8 Å². The van der Waals surface area contributed by atoms with E-state index in [1.54, 1.807) is 39.5 Å².